The number of ketones is 1. The summed E-state index contributed by atoms with van der Waals surface area (Å²) in [4.78, 5) is 11.5. The molecule has 0 radical (unpaired) electrons. The zero-order chi connectivity index (χ0) is 10.2. The average molecular weight is 184 g/mol. The summed E-state index contributed by atoms with van der Waals surface area (Å²) in [5, 5.41) is 19.1. The van der Waals surface area contributed by atoms with E-state index in [-0.39, 0.29) is 18.1 Å². The van der Waals surface area contributed by atoms with Crippen LogP contribution < -0.4 is 0 Å². The summed E-state index contributed by atoms with van der Waals surface area (Å²) in [6.45, 7) is 5.27. The predicted octanol–water partition coefficient (Wildman–Crippen LogP) is 0.653. The van der Waals surface area contributed by atoms with Crippen LogP contribution in [-0.4, -0.2) is 27.7 Å². The fourth-order valence-corrected chi connectivity index (χ4v) is 1.49. The van der Waals surface area contributed by atoms with E-state index in [0.29, 0.717) is 5.57 Å². The van der Waals surface area contributed by atoms with Crippen LogP contribution in [0.4, 0.5) is 0 Å². The van der Waals surface area contributed by atoms with Crippen LogP contribution in [0.15, 0.2) is 11.6 Å². The van der Waals surface area contributed by atoms with Gasteiger partial charge in [-0.3, -0.25) is 4.79 Å². The van der Waals surface area contributed by atoms with E-state index in [4.69, 9.17) is 0 Å². The maximum atomic E-state index is 11.5. The van der Waals surface area contributed by atoms with Crippen molar-refractivity contribution in [3.63, 3.8) is 0 Å². The summed E-state index contributed by atoms with van der Waals surface area (Å²) in [6, 6.07) is 0. The van der Waals surface area contributed by atoms with Gasteiger partial charge in [0, 0.05) is 6.42 Å². The van der Waals surface area contributed by atoms with Crippen LogP contribution in [0.1, 0.15) is 27.2 Å². The van der Waals surface area contributed by atoms with Gasteiger partial charge in [-0.05, 0) is 24.5 Å². The lowest BCUT2D eigenvalue weighted by Gasteiger charge is -2.32. The molecule has 74 valence electrons. The molecule has 1 rings (SSSR count). The Morgan fingerprint density at radius 1 is 1.62 bits per heavy atom. The third kappa shape index (κ3) is 1.98. The number of hydrogen-bond acceptors (Lipinski definition) is 3. The standard InChI is InChI=1S/C10H16O3/c1-6(2)7-4-9(12)10(3,13)5-8(7)11/h4,6,9,12-13H,5H2,1-3H3/t9-,10+/m1/s1. The zero-order valence-electron chi connectivity index (χ0n) is 8.24. The number of carbonyl (C=O) groups is 1. The summed E-state index contributed by atoms with van der Waals surface area (Å²) in [5.74, 6) is 0.0450. The predicted molar refractivity (Wildman–Crippen MR) is 49.2 cm³/mol. The molecule has 0 aromatic rings. The van der Waals surface area contributed by atoms with Crippen molar-refractivity contribution >= 4 is 5.78 Å². The number of carbonyl (C=O) groups excluding carboxylic acids is 1. The molecule has 0 bridgehead atoms. The summed E-state index contributed by atoms with van der Waals surface area (Å²) in [6.07, 6.45) is 0.553. The van der Waals surface area contributed by atoms with Gasteiger partial charge in [-0.1, -0.05) is 13.8 Å². The van der Waals surface area contributed by atoms with E-state index >= 15 is 0 Å². The van der Waals surface area contributed by atoms with Gasteiger partial charge in [-0.25, -0.2) is 0 Å². The molecule has 0 aromatic carbocycles. The summed E-state index contributed by atoms with van der Waals surface area (Å²) >= 11 is 0. The van der Waals surface area contributed by atoms with E-state index in [0.717, 1.165) is 0 Å². The number of rotatable bonds is 1. The molecule has 1 aliphatic rings. The van der Waals surface area contributed by atoms with Crippen LogP contribution in [-0.2, 0) is 4.79 Å². The van der Waals surface area contributed by atoms with Gasteiger partial charge in [0.15, 0.2) is 5.78 Å². The fourth-order valence-electron chi connectivity index (χ4n) is 1.49. The van der Waals surface area contributed by atoms with E-state index in [1.807, 2.05) is 13.8 Å². The first-order chi connectivity index (χ1) is 5.84. The molecular formula is C10H16O3. The normalized spacial score (nSPS) is 35.1. The molecule has 0 heterocycles. The van der Waals surface area contributed by atoms with Crippen LogP contribution in [0.5, 0.6) is 0 Å². The van der Waals surface area contributed by atoms with Gasteiger partial charge >= 0.3 is 0 Å². The van der Waals surface area contributed by atoms with E-state index in [9.17, 15) is 15.0 Å². The van der Waals surface area contributed by atoms with Crippen LogP contribution in [0, 0.1) is 5.92 Å². The van der Waals surface area contributed by atoms with Crippen LogP contribution in [0.2, 0.25) is 0 Å². The van der Waals surface area contributed by atoms with Crippen molar-refractivity contribution in [1.29, 1.82) is 0 Å². The Labute approximate surface area is 78.1 Å². The highest BCUT2D eigenvalue weighted by Crippen LogP contribution is 2.28. The molecule has 3 heteroatoms. The van der Waals surface area contributed by atoms with Crippen LogP contribution >= 0.6 is 0 Å². The fraction of sp³-hybridized carbons (Fsp3) is 0.700. The highest BCUT2D eigenvalue weighted by Gasteiger charge is 2.37. The van der Waals surface area contributed by atoms with E-state index in [1.165, 1.54) is 13.0 Å². The molecule has 0 amide bonds. The van der Waals surface area contributed by atoms with Gasteiger partial charge in [0.25, 0.3) is 0 Å². The first kappa shape index (κ1) is 10.4. The first-order valence-corrected chi connectivity index (χ1v) is 4.50. The van der Waals surface area contributed by atoms with E-state index in [1.54, 1.807) is 0 Å². The minimum Gasteiger partial charge on any atom is -0.387 e. The number of allylic oxidation sites excluding steroid dienone is 1. The number of aliphatic hydroxyl groups excluding tert-OH is 1. The van der Waals surface area contributed by atoms with Gasteiger partial charge in [0.2, 0.25) is 0 Å². The maximum Gasteiger partial charge on any atom is 0.161 e. The molecule has 0 saturated carbocycles. The average Bonchev–Trinajstić information content (AvgIpc) is 1.95. The van der Waals surface area contributed by atoms with Crippen molar-refractivity contribution in [3.05, 3.63) is 11.6 Å². The Balaban J connectivity index is 2.97. The van der Waals surface area contributed by atoms with Gasteiger partial charge < -0.3 is 10.2 Å². The third-order valence-corrected chi connectivity index (χ3v) is 2.44. The molecule has 0 fully saturated rings. The van der Waals surface area contributed by atoms with Crippen molar-refractivity contribution in [2.24, 2.45) is 5.92 Å². The zero-order valence-corrected chi connectivity index (χ0v) is 8.24. The molecular weight excluding hydrogens is 168 g/mol. The Morgan fingerprint density at radius 2 is 2.15 bits per heavy atom. The Morgan fingerprint density at radius 3 is 2.62 bits per heavy atom. The number of aliphatic hydroxyl groups is 2. The largest absolute Gasteiger partial charge is 0.387 e. The molecule has 0 aromatic heterocycles. The monoisotopic (exact) mass is 184 g/mol. The molecule has 0 saturated heterocycles. The molecule has 2 atom stereocenters. The van der Waals surface area contributed by atoms with Crippen LogP contribution in [0.3, 0.4) is 0 Å². The Hall–Kier alpha value is -0.670. The maximum absolute atomic E-state index is 11.5. The highest BCUT2D eigenvalue weighted by atomic mass is 16.3. The van der Waals surface area contributed by atoms with E-state index < -0.39 is 11.7 Å². The van der Waals surface area contributed by atoms with Gasteiger partial charge in [0.05, 0.1) is 5.60 Å². The van der Waals surface area contributed by atoms with Gasteiger partial charge in [0.1, 0.15) is 6.10 Å². The topological polar surface area (TPSA) is 57.5 Å². The quantitative estimate of drug-likeness (QED) is 0.629. The lowest BCUT2D eigenvalue weighted by atomic mass is 9.80. The molecule has 0 spiro atoms. The van der Waals surface area contributed by atoms with Gasteiger partial charge in [-0.15, -0.1) is 0 Å². The SMILES string of the molecule is CC(C)C1=C[C@@H](O)[C@@](C)(O)CC1=O. The second kappa shape index (κ2) is 3.24. The van der Waals surface area contributed by atoms with Crippen molar-refractivity contribution in [2.75, 3.05) is 0 Å². The smallest absolute Gasteiger partial charge is 0.161 e. The lowest BCUT2D eigenvalue weighted by molar-refractivity contribution is -0.126. The minimum absolute atomic E-state index is 0.0121. The Kier molecular flexibility index (Phi) is 2.59. The highest BCUT2D eigenvalue weighted by molar-refractivity contribution is 5.97. The number of hydrogen-bond donors (Lipinski definition) is 2. The van der Waals surface area contributed by atoms with Crippen molar-refractivity contribution in [2.45, 2.75) is 38.9 Å². The van der Waals surface area contributed by atoms with Crippen molar-refractivity contribution in [3.8, 4) is 0 Å². The summed E-state index contributed by atoms with van der Waals surface area (Å²) < 4.78 is 0. The minimum atomic E-state index is -1.30. The first-order valence-electron chi connectivity index (χ1n) is 4.50. The molecule has 1 aliphatic carbocycles. The second-order valence-corrected chi connectivity index (χ2v) is 4.18. The molecule has 13 heavy (non-hydrogen) atoms. The molecule has 0 unspecified atom stereocenters. The summed E-state index contributed by atoms with van der Waals surface area (Å²) in [5.41, 5.74) is -0.672. The van der Waals surface area contributed by atoms with Crippen molar-refractivity contribution < 1.29 is 15.0 Å². The van der Waals surface area contributed by atoms with Crippen LogP contribution in [0.25, 0.3) is 0 Å². The summed E-state index contributed by atoms with van der Waals surface area (Å²) in [7, 11) is 0. The number of Topliss-reactive ketones (excluding diaryl/α,β-unsaturated/α-hetero) is 1. The van der Waals surface area contributed by atoms with Gasteiger partial charge in [-0.2, -0.15) is 0 Å². The molecule has 2 N–H and O–H groups in total. The molecule has 3 nitrogen and oxygen atoms in total. The molecule has 0 aliphatic heterocycles. The lowest BCUT2D eigenvalue weighted by Crippen LogP contribution is -2.44. The third-order valence-electron chi connectivity index (χ3n) is 2.44. The van der Waals surface area contributed by atoms with E-state index in [2.05, 4.69) is 0 Å². The second-order valence-electron chi connectivity index (χ2n) is 4.18. The van der Waals surface area contributed by atoms with Crippen molar-refractivity contribution in [1.82, 2.24) is 0 Å². The Bertz CT molecular complexity index is 251.